The lowest BCUT2D eigenvalue weighted by Crippen LogP contribution is -2.35. The summed E-state index contributed by atoms with van der Waals surface area (Å²) in [4.78, 5) is 26.8. The third kappa shape index (κ3) is 4.00. The molecule has 5 nitrogen and oxygen atoms in total. The Labute approximate surface area is 151 Å². The fraction of sp³-hybridized carbons (Fsp3) is 0.143. The Bertz CT molecular complexity index is 955. The quantitative estimate of drug-likeness (QED) is 0.451. The van der Waals surface area contributed by atoms with E-state index >= 15 is 0 Å². The fourth-order valence-electron chi connectivity index (χ4n) is 2.79. The molecule has 1 aromatic heterocycles. The van der Waals surface area contributed by atoms with Crippen molar-refractivity contribution in [1.82, 2.24) is 10.3 Å². The van der Waals surface area contributed by atoms with Crippen molar-refractivity contribution in [3.05, 3.63) is 83.7 Å². The molecule has 1 atom stereocenters. The Hall–Kier alpha value is -3.34. The van der Waals surface area contributed by atoms with Crippen molar-refractivity contribution < 1.29 is 14.7 Å². The maximum Gasteiger partial charge on any atom is 0.326 e. The SMILES string of the molecule is Cc1ccc(C(=O)C=CNC(Cc2c[nH]c3ccccc23)C(=O)O)cc1. The number of aromatic nitrogens is 1. The number of carboxylic acids is 1. The number of ketones is 1. The van der Waals surface area contributed by atoms with Crippen LogP contribution in [0.5, 0.6) is 0 Å². The van der Waals surface area contributed by atoms with Crippen molar-refractivity contribution >= 4 is 22.7 Å². The number of hydrogen-bond acceptors (Lipinski definition) is 3. The number of carboxylic acid groups (broad SMARTS) is 1. The number of benzene rings is 2. The van der Waals surface area contributed by atoms with E-state index in [1.165, 1.54) is 12.3 Å². The number of aryl methyl sites for hydroxylation is 1. The Morgan fingerprint density at radius 3 is 2.62 bits per heavy atom. The number of hydrogen-bond donors (Lipinski definition) is 3. The second-order valence-corrected chi connectivity index (χ2v) is 6.18. The molecule has 26 heavy (non-hydrogen) atoms. The summed E-state index contributed by atoms with van der Waals surface area (Å²) in [5, 5.41) is 13.3. The summed E-state index contributed by atoms with van der Waals surface area (Å²) in [6.45, 7) is 1.95. The first-order chi connectivity index (χ1) is 12.5. The van der Waals surface area contributed by atoms with E-state index in [1.54, 1.807) is 12.1 Å². The normalized spacial score (nSPS) is 12.3. The van der Waals surface area contributed by atoms with E-state index in [4.69, 9.17) is 0 Å². The molecule has 0 aliphatic heterocycles. The summed E-state index contributed by atoms with van der Waals surface area (Å²) >= 11 is 0. The molecule has 0 saturated heterocycles. The summed E-state index contributed by atoms with van der Waals surface area (Å²) in [7, 11) is 0. The molecule has 132 valence electrons. The lowest BCUT2D eigenvalue weighted by atomic mass is 10.1. The maximum atomic E-state index is 12.1. The van der Waals surface area contributed by atoms with Gasteiger partial charge in [-0.2, -0.15) is 0 Å². The monoisotopic (exact) mass is 348 g/mol. The van der Waals surface area contributed by atoms with Crippen LogP contribution in [0.25, 0.3) is 10.9 Å². The standard InChI is InChI=1S/C21H20N2O3/c1-14-6-8-15(9-7-14)20(24)10-11-22-19(21(25)26)12-16-13-23-18-5-3-2-4-17(16)18/h2-11,13,19,22-23H,12H2,1H3,(H,25,26). The smallest absolute Gasteiger partial charge is 0.326 e. The molecule has 0 saturated carbocycles. The number of carbonyl (C=O) groups excluding carboxylic acids is 1. The number of fused-ring (bicyclic) bond motifs is 1. The molecule has 5 heteroatoms. The fourth-order valence-corrected chi connectivity index (χ4v) is 2.79. The molecular formula is C21H20N2O3. The highest BCUT2D eigenvalue weighted by atomic mass is 16.4. The van der Waals surface area contributed by atoms with Crippen LogP contribution in [0.2, 0.25) is 0 Å². The third-order valence-electron chi connectivity index (χ3n) is 4.27. The first-order valence-corrected chi connectivity index (χ1v) is 8.36. The van der Waals surface area contributed by atoms with E-state index in [0.717, 1.165) is 22.0 Å². The van der Waals surface area contributed by atoms with Gasteiger partial charge < -0.3 is 15.4 Å². The number of allylic oxidation sites excluding steroid dienone is 1. The molecule has 0 fully saturated rings. The van der Waals surface area contributed by atoms with E-state index < -0.39 is 12.0 Å². The first kappa shape index (κ1) is 17.5. The van der Waals surface area contributed by atoms with Crippen LogP contribution in [-0.4, -0.2) is 27.9 Å². The maximum absolute atomic E-state index is 12.1. The van der Waals surface area contributed by atoms with Gasteiger partial charge in [0.15, 0.2) is 5.78 Å². The van der Waals surface area contributed by atoms with Crippen molar-refractivity contribution in [1.29, 1.82) is 0 Å². The van der Waals surface area contributed by atoms with Gasteiger partial charge in [0.05, 0.1) is 0 Å². The molecule has 0 aliphatic rings. The van der Waals surface area contributed by atoms with Crippen LogP contribution in [0, 0.1) is 6.92 Å². The van der Waals surface area contributed by atoms with E-state index in [0.29, 0.717) is 12.0 Å². The van der Waals surface area contributed by atoms with Gasteiger partial charge in [0, 0.05) is 41.4 Å². The van der Waals surface area contributed by atoms with Crippen molar-refractivity contribution in [2.75, 3.05) is 0 Å². The second kappa shape index (κ2) is 7.70. The van der Waals surface area contributed by atoms with E-state index in [1.807, 2.05) is 49.5 Å². The number of carbonyl (C=O) groups is 2. The van der Waals surface area contributed by atoms with Gasteiger partial charge in [-0.3, -0.25) is 4.79 Å². The van der Waals surface area contributed by atoms with Crippen molar-refractivity contribution in [2.45, 2.75) is 19.4 Å². The minimum atomic E-state index is -0.970. The highest BCUT2D eigenvalue weighted by Gasteiger charge is 2.18. The molecule has 0 spiro atoms. The predicted molar refractivity (Wildman–Crippen MR) is 101 cm³/mol. The average molecular weight is 348 g/mol. The Morgan fingerprint density at radius 2 is 1.88 bits per heavy atom. The second-order valence-electron chi connectivity index (χ2n) is 6.18. The van der Waals surface area contributed by atoms with Gasteiger partial charge in [0.2, 0.25) is 0 Å². The predicted octanol–water partition coefficient (Wildman–Crippen LogP) is 3.46. The van der Waals surface area contributed by atoms with E-state index in [2.05, 4.69) is 10.3 Å². The molecular weight excluding hydrogens is 328 g/mol. The number of para-hydroxylation sites is 1. The lowest BCUT2D eigenvalue weighted by molar-refractivity contribution is -0.139. The third-order valence-corrected chi connectivity index (χ3v) is 4.27. The number of H-pyrrole nitrogens is 1. The molecule has 0 amide bonds. The van der Waals surface area contributed by atoms with E-state index in [9.17, 15) is 14.7 Å². The van der Waals surface area contributed by atoms with Crippen LogP contribution in [0.3, 0.4) is 0 Å². The van der Waals surface area contributed by atoms with Crippen LogP contribution < -0.4 is 5.32 Å². The van der Waals surface area contributed by atoms with Gasteiger partial charge in [0.25, 0.3) is 0 Å². The highest BCUT2D eigenvalue weighted by Crippen LogP contribution is 2.19. The summed E-state index contributed by atoms with van der Waals surface area (Å²) < 4.78 is 0. The zero-order valence-corrected chi connectivity index (χ0v) is 14.4. The van der Waals surface area contributed by atoms with Crippen LogP contribution >= 0.6 is 0 Å². The summed E-state index contributed by atoms with van der Waals surface area (Å²) in [5.41, 5.74) is 3.53. The molecule has 0 radical (unpaired) electrons. The summed E-state index contributed by atoms with van der Waals surface area (Å²) in [6.07, 6.45) is 4.90. The Balaban J connectivity index is 1.68. The van der Waals surface area contributed by atoms with Crippen LogP contribution in [0.15, 0.2) is 67.0 Å². The molecule has 3 rings (SSSR count). The molecule has 0 bridgehead atoms. The number of aliphatic carboxylic acids is 1. The number of nitrogens with one attached hydrogen (secondary N) is 2. The largest absolute Gasteiger partial charge is 0.480 e. The van der Waals surface area contributed by atoms with E-state index in [-0.39, 0.29) is 5.78 Å². The Kier molecular flexibility index (Phi) is 5.17. The summed E-state index contributed by atoms with van der Waals surface area (Å²) in [5.74, 6) is -1.14. The molecule has 3 N–H and O–H groups in total. The average Bonchev–Trinajstić information content (AvgIpc) is 3.04. The van der Waals surface area contributed by atoms with Gasteiger partial charge in [-0.05, 0) is 18.6 Å². The molecule has 0 aliphatic carbocycles. The zero-order valence-electron chi connectivity index (χ0n) is 14.4. The van der Waals surface area contributed by atoms with Crippen molar-refractivity contribution in [3.63, 3.8) is 0 Å². The van der Waals surface area contributed by atoms with Gasteiger partial charge in [-0.25, -0.2) is 4.79 Å². The van der Waals surface area contributed by atoms with Crippen molar-refractivity contribution in [2.24, 2.45) is 0 Å². The molecule has 1 heterocycles. The van der Waals surface area contributed by atoms with Crippen LogP contribution in [-0.2, 0) is 11.2 Å². The lowest BCUT2D eigenvalue weighted by Gasteiger charge is -2.12. The van der Waals surface area contributed by atoms with Gasteiger partial charge in [0.1, 0.15) is 6.04 Å². The van der Waals surface area contributed by atoms with Crippen LogP contribution in [0.4, 0.5) is 0 Å². The topological polar surface area (TPSA) is 82.2 Å². The van der Waals surface area contributed by atoms with Gasteiger partial charge in [-0.1, -0.05) is 48.0 Å². The number of aromatic amines is 1. The van der Waals surface area contributed by atoms with Gasteiger partial charge in [-0.15, -0.1) is 0 Å². The van der Waals surface area contributed by atoms with Crippen LogP contribution in [0.1, 0.15) is 21.5 Å². The Morgan fingerprint density at radius 1 is 1.15 bits per heavy atom. The van der Waals surface area contributed by atoms with Gasteiger partial charge >= 0.3 is 5.97 Å². The minimum Gasteiger partial charge on any atom is -0.480 e. The first-order valence-electron chi connectivity index (χ1n) is 8.36. The molecule has 2 aromatic carbocycles. The number of rotatable bonds is 7. The zero-order chi connectivity index (χ0) is 18.5. The summed E-state index contributed by atoms with van der Waals surface area (Å²) in [6, 6.07) is 14.2. The minimum absolute atomic E-state index is 0.172. The molecule has 1 unspecified atom stereocenters. The molecule has 3 aromatic rings. The highest BCUT2D eigenvalue weighted by molar-refractivity contribution is 6.04. The van der Waals surface area contributed by atoms with Crippen molar-refractivity contribution in [3.8, 4) is 0 Å².